The molecule has 0 spiro atoms. The molecule has 0 rings (SSSR count). The van der Waals surface area contributed by atoms with Gasteiger partial charge in [-0.2, -0.15) is 0 Å². The maximum atomic E-state index is 9.93. The molecule has 12 heavy (non-hydrogen) atoms. The normalized spacial score (nSPS) is 17.0. The molecular formula is C4H10ClF6Sb. The van der Waals surface area contributed by atoms with Gasteiger partial charge in [0, 0.05) is 0 Å². The standard InChI is InChI=1S/C4H10Cl.6FH.Sb/c1-3-5-4-2;;;;;;;/h3-4H2,1-2H3;6*1H;/q+1;;;;;;;+5/p-6. The van der Waals surface area contributed by atoms with Gasteiger partial charge in [0.2, 0.25) is 0 Å². The third-order valence-corrected chi connectivity index (χ3v) is 1.13. The number of hydrogen-bond donors (Lipinski definition) is 0. The summed E-state index contributed by atoms with van der Waals surface area (Å²) in [5, 5.41) is 0. The van der Waals surface area contributed by atoms with E-state index in [0.717, 1.165) is 0 Å². The van der Waals surface area contributed by atoms with Gasteiger partial charge < -0.3 is 0 Å². The molecule has 0 aromatic carbocycles. The van der Waals surface area contributed by atoms with E-state index in [4.69, 9.17) is 0 Å². The van der Waals surface area contributed by atoms with Crippen LogP contribution >= 0.6 is 0 Å². The van der Waals surface area contributed by atoms with Crippen molar-refractivity contribution >= 4 is 19.5 Å². The van der Waals surface area contributed by atoms with Crippen molar-refractivity contribution in [2.45, 2.75) is 13.8 Å². The van der Waals surface area contributed by atoms with Gasteiger partial charge in [0.1, 0.15) is 10.8 Å². The van der Waals surface area contributed by atoms with Crippen LogP contribution in [-0.2, 0) is 0 Å². The molecule has 0 aliphatic carbocycles. The molecule has 0 heterocycles. The quantitative estimate of drug-likeness (QED) is 0.414. The Hall–Kier alpha value is 0.688. The van der Waals surface area contributed by atoms with Crippen molar-refractivity contribution in [3.8, 4) is 0 Å². The van der Waals surface area contributed by atoms with E-state index in [9.17, 15) is 16.9 Å². The number of rotatable bonds is 2. The fraction of sp³-hybridized carbons (Fsp3) is 1.00. The fourth-order valence-corrected chi connectivity index (χ4v) is 0.567. The third-order valence-electron chi connectivity index (χ3n) is 0.378. The minimum absolute atomic E-state index is 1.20. The van der Waals surface area contributed by atoms with E-state index in [1.807, 2.05) is 0 Å². The van der Waals surface area contributed by atoms with Crippen molar-refractivity contribution in [2.75, 3.05) is 11.8 Å². The van der Waals surface area contributed by atoms with Crippen molar-refractivity contribution in [3.63, 3.8) is 0 Å². The Morgan fingerprint density at radius 2 is 1.00 bits per heavy atom. The molecule has 0 radical (unpaired) electrons. The number of halogens is 7. The summed E-state index contributed by atoms with van der Waals surface area (Å²) in [7, 11) is 2.35. The van der Waals surface area contributed by atoms with E-state index < -0.39 is 19.5 Å². The molecule has 0 nitrogen and oxygen atoms in total. The molecule has 0 aromatic rings. The van der Waals surface area contributed by atoms with Gasteiger partial charge in [0.25, 0.3) is 0 Å². The molecule has 0 atom stereocenters. The van der Waals surface area contributed by atoms with Crippen LogP contribution in [0.1, 0.15) is 13.8 Å². The van der Waals surface area contributed by atoms with Gasteiger partial charge in [-0.1, -0.05) is 0 Å². The fourth-order valence-electron chi connectivity index (χ4n) is 0.189. The summed E-state index contributed by atoms with van der Waals surface area (Å²) in [5.74, 6) is 2.41. The van der Waals surface area contributed by atoms with Gasteiger partial charge in [-0.15, -0.1) is 0 Å². The summed E-state index contributed by atoms with van der Waals surface area (Å²) < 4.78 is 59.6. The van der Waals surface area contributed by atoms with Crippen LogP contribution in [0, 0.1) is 10.8 Å². The summed E-state index contributed by atoms with van der Waals surface area (Å²) in [6.45, 7) is 4.30. The van der Waals surface area contributed by atoms with E-state index in [1.54, 1.807) is 0 Å². The van der Waals surface area contributed by atoms with Gasteiger partial charge in [0.15, 0.2) is 11.8 Å². The summed E-state index contributed by atoms with van der Waals surface area (Å²) in [5.41, 5.74) is 0. The van der Waals surface area contributed by atoms with E-state index >= 15 is 0 Å². The topological polar surface area (TPSA) is 0 Å². The Morgan fingerprint density at radius 1 is 0.833 bits per heavy atom. The second-order valence-corrected chi connectivity index (χ2v) is 8.60. The van der Waals surface area contributed by atoms with E-state index in [0.29, 0.717) is 0 Å². The maximum absolute atomic E-state index is 11.2. The van der Waals surface area contributed by atoms with Crippen LogP contribution in [0.25, 0.3) is 0 Å². The molecule has 0 fully saturated rings. The summed E-state index contributed by atoms with van der Waals surface area (Å²) in [4.78, 5) is 0. The van der Waals surface area contributed by atoms with Crippen molar-refractivity contribution in [1.82, 2.24) is 0 Å². The number of hydrogen-bond acceptors (Lipinski definition) is 0. The molecule has 80 valence electrons. The van der Waals surface area contributed by atoms with E-state index in [-0.39, 0.29) is 0 Å². The summed E-state index contributed by atoms with van der Waals surface area (Å²) >= 11 is -11.2. The van der Waals surface area contributed by atoms with Crippen molar-refractivity contribution in [3.05, 3.63) is 0 Å². The van der Waals surface area contributed by atoms with Crippen molar-refractivity contribution in [1.29, 1.82) is 0 Å². The first kappa shape index (κ1) is 15.2. The van der Waals surface area contributed by atoms with Crippen molar-refractivity contribution < 1.29 is 27.7 Å². The van der Waals surface area contributed by atoms with Gasteiger partial charge in [-0.3, -0.25) is 0 Å². The van der Waals surface area contributed by atoms with Crippen LogP contribution in [-0.4, -0.2) is 31.2 Å². The average Bonchev–Trinajstić information content (AvgIpc) is 1.58. The second-order valence-electron chi connectivity index (χ2n) is 1.68. The Kier molecular flexibility index (Phi) is 4.83. The van der Waals surface area contributed by atoms with Gasteiger partial charge in [0.05, 0.1) is 0 Å². The molecule has 0 saturated carbocycles. The zero-order valence-electron chi connectivity index (χ0n) is 6.51. The first-order valence-corrected chi connectivity index (χ1v) is 9.82. The molecule has 0 aromatic heterocycles. The SMILES string of the molecule is CC[Cl+]CC.[F][Sb-]([F])([F])([F])([F])[F]. The predicted molar refractivity (Wildman–Crippen MR) is 33.5 cm³/mol. The van der Waals surface area contributed by atoms with Crippen molar-refractivity contribution in [2.24, 2.45) is 0 Å². The zero-order valence-corrected chi connectivity index (χ0v) is 9.82. The van der Waals surface area contributed by atoms with Crippen LogP contribution in [0.3, 0.4) is 0 Å². The monoisotopic (exact) mass is 328 g/mol. The van der Waals surface area contributed by atoms with Crippen LogP contribution in [0.2, 0.25) is 0 Å². The number of alkyl halides is 2. The first-order chi connectivity index (χ1) is 4.86. The Labute approximate surface area is 72.9 Å². The Balaban J connectivity index is 0. The molecular weight excluding hydrogens is 319 g/mol. The molecule has 0 unspecified atom stereocenters. The first-order valence-electron chi connectivity index (χ1n) is 2.96. The van der Waals surface area contributed by atoms with E-state index in [2.05, 4.69) is 24.6 Å². The van der Waals surface area contributed by atoms with Gasteiger partial charge in [-0.25, -0.2) is 0 Å². The molecule has 0 aliphatic rings. The Morgan fingerprint density at radius 3 is 1.00 bits per heavy atom. The van der Waals surface area contributed by atoms with Crippen LogP contribution in [0.15, 0.2) is 0 Å². The van der Waals surface area contributed by atoms with Gasteiger partial charge in [-0.05, 0) is 13.8 Å². The molecule has 0 N–H and O–H groups in total. The predicted octanol–water partition coefficient (Wildman–Crippen LogP) is 3.25. The second kappa shape index (κ2) is 3.82. The van der Waals surface area contributed by atoms with Crippen LogP contribution in [0.5, 0.6) is 0 Å². The Bertz CT molecular complexity index is 109. The summed E-state index contributed by atoms with van der Waals surface area (Å²) in [6, 6.07) is 0. The minimum atomic E-state index is -11.2. The molecule has 0 aliphatic heterocycles. The van der Waals surface area contributed by atoms with Gasteiger partial charge >= 0.3 is 36.4 Å². The third kappa shape index (κ3) is 139. The summed E-state index contributed by atoms with van der Waals surface area (Å²) in [6.07, 6.45) is 0. The average molecular weight is 329 g/mol. The zero-order chi connectivity index (χ0) is 10.5. The molecule has 0 bridgehead atoms. The van der Waals surface area contributed by atoms with Crippen LogP contribution in [0.4, 0.5) is 16.9 Å². The molecule has 0 amide bonds. The molecule has 8 heteroatoms. The van der Waals surface area contributed by atoms with E-state index in [1.165, 1.54) is 11.8 Å². The molecule has 0 saturated heterocycles. The van der Waals surface area contributed by atoms with Crippen LogP contribution < -0.4 is 0 Å².